The largest absolute Gasteiger partial charge is 0.475 e. The van der Waals surface area contributed by atoms with Crippen molar-refractivity contribution in [3.05, 3.63) is 0 Å². The Kier molecular flexibility index (Phi) is 3.37. The summed E-state index contributed by atoms with van der Waals surface area (Å²) in [6.07, 6.45) is -0.608. The zero-order valence-corrected chi connectivity index (χ0v) is 9.51. The van der Waals surface area contributed by atoms with E-state index in [1.54, 1.807) is 0 Å². The summed E-state index contributed by atoms with van der Waals surface area (Å²) >= 11 is 0. The van der Waals surface area contributed by atoms with Crippen molar-refractivity contribution in [3.8, 4) is 0 Å². The Balaban J connectivity index is 2.16. The van der Waals surface area contributed by atoms with E-state index in [4.69, 9.17) is 9.62 Å². The van der Waals surface area contributed by atoms with Gasteiger partial charge in [0.1, 0.15) is 0 Å². The van der Waals surface area contributed by atoms with Crippen molar-refractivity contribution in [1.82, 2.24) is 0 Å². The lowest BCUT2D eigenvalue weighted by Crippen LogP contribution is -2.50. The van der Waals surface area contributed by atoms with Crippen LogP contribution in [0.5, 0.6) is 0 Å². The van der Waals surface area contributed by atoms with Crippen LogP contribution in [0.4, 0.5) is 13.2 Å². The predicted octanol–water partition coefficient (Wildman–Crippen LogP) is 2.88. The van der Waals surface area contributed by atoms with Gasteiger partial charge in [-0.05, 0) is 12.8 Å². The van der Waals surface area contributed by atoms with Crippen molar-refractivity contribution in [3.63, 3.8) is 0 Å². The molecular formula is C10H15F3O4. The highest BCUT2D eigenvalue weighted by molar-refractivity contribution is 4.81. The van der Waals surface area contributed by atoms with E-state index in [1.165, 1.54) is 0 Å². The molecule has 1 atom stereocenters. The summed E-state index contributed by atoms with van der Waals surface area (Å²) in [4.78, 5) is 9.16. The second kappa shape index (κ2) is 4.38. The second-order valence-electron chi connectivity index (χ2n) is 4.35. The summed E-state index contributed by atoms with van der Waals surface area (Å²) in [5, 5.41) is 0. The molecule has 0 radical (unpaired) electrons. The van der Waals surface area contributed by atoms with Crippen LogP contribution < -0.4 is 0 Å². The van der Waals surface area contributed by atoms with Crippen LogP contribution in [-0.4, -0.2) is 25.0 Å². The summed E-state index contributed by atoms with van der Waals surface area (Å²) in [6, 6.07) is 0. The van der Waals surface area contributed by atoms with Crippen LogP contribution in [0, 0.1) is 0 Å². The van der Waals surface area contributed by atoms with Gasteiger partial charge < -0.3 is 4.74 Å². The quantitative estimate of drug-likeness (QED) is 0.676. The van der Waals surface area contributed by atoms with Gasteiger partial charge in [-0.3, -0.25) is 4.74 Å². The van der Waals surface area contributed by atoms with Crippen molar-refractivity contribution in [2.45, 2.75) is 56.5 Å². The third-order valence-corrected chi connectivity index (χ3v) is 3.10. The van der Waals surface area contributed by atoms with Gasteiger partial charge in [0.05, 0.1) is 0 Å². The van der Waals surface area contributed by atoms with Crippen LogP contribution in [-0.2, 0) is 19.2 Å². The van der Waals surface area contributed by atoms with Crippen LogP contribution in [0.15, 0.2) is 0 Å². The number of rotatable bonds is 1. The van der Waals surface area contributed by atoms with Crippen molar-refractivity contribution in [1.29, 1.82) is 0 Å². The van der Waals surface area contributed by atoms with Crippen LogP contribution in [0.3, 0.4) is 0 Å². The van der Waals surface area contributed by atoms with Gasteiger partial charge in [0, 0.05) is 20.0 Å². The molecule has 1 saturated heterocycles. The predicted molar refractivity (Wildman–Crippen MR) is 49.5 cm³/mol. The third kappa shape index (κ3) is 2.29. The van der Waals surface area contributed by atoms with Crippen molar-refractivity contribution < 1.29 is 32.4 Å². The molecule has 1 aliphatic carbocycles. The van der Waals surface area contributed by atoms with E-state index in [9.17, 15) is 13.2 Å². The maximum atomic E-state index is 12.8. The fourth-order valence-corrected chi connectivity index (χ4v) is 2.16. The summed E-state index contributed by atoms with van der Waals surface area (Å²) < 4.78 is 47.7. The molecule has 1 aliphatic heterocycles. The minimum absolute atomic E-state index is 0.383. The van der Waals surface area contributed by atoms with Gasteiger partial charge in [0.2, 0.25) is 5.79 Å². The first kappa shape index (κ1) is 13.1. The summed E-state index contributed by atoms with van der Waals surface area (Å²) in [5.41, 5.74) is 0. The maximum absolute atomic E-state index is 12.8. The van der Waals surface area contributed by atoms with Gasteiger partial charge in [-0.2, -0.15) is 22.9 Å². The molecule has 1 heterocycles. The Hall–Kier alpha value is -0.370. The van der Waals surface area contributed by atoms with E-state index in [2.05, 4.69) is 9.62 Å². The molecule has 4 nitrogen and oxygen atoms in total. The third-order valence-electron chi connectivity index (χ3n) is 3.10. The Morgan fingerprint density at radius 1 is 1.00 bits per heavy atom. The number of halogens is 3. The number of ether oxygens (including phenoxy) is 2. The van der Waals surface area contributed by atoms with Crippen molar-refractivity contribution >= 4 is 0 Å². The zero-order valence-electron chi connectivity index (χ0n) is 9.51. The minimum Gasteiger partial charge on any atom is -0.322 e. The van der Waals surface area contributed by atoms with E-state index in [0.717, 1.165) is 32.8 Å². The van der Waals surface area contributed by atoms with Gasteiger partial charge in [-0.15, -0.1) is 0 Å². The lowest BCUT2D eigenvalue weighted by molar-refractivity contribution is -0.492. The molecule has 0 aromatic carbocycles. The first-order valence-electron chi connectivity index (χ1n) is 5.62. The van der Waals surface area contributed by atoms with Gasteiger partial charge in [0.25, 0.3) is 0 Å². The Morgan fingerprint density at radius 2 is 1.59 bits per heavy atom. The standard InChI is InChI=1S/C10H15F3O4/c1-14-10(9(11,12)13)15-8(16-17-10)6-4-2-3-5-7-8/h2-7H2,1H3. The van der Waals surface area contributed by atoms with Gasteiger partial charge >= 0.3 is 12.1 Å². The molecule has 0 aromatic heterocycles. The SMILES string of the molecule is COC1(C(F)(F)F)OOC2(CCCCCC2)O1. The van der Waals surface area contributed by atoms with Crippen molar-refractivity contribution in [2.75, 3.05) is 7.11 Å². The molecule has 0 N–H and O–H groups in total. The Bertz CT molecular complexity index is 273. The fourth-order valence-electron chi connectivity index (χ4n) is 2.16. The Morgan fingerprint density at radius 3 is 2.00 bits per heavy atom. The first-order valence-corrected chi connectivity index (χ1v) is 5.62. The normalized spacial score (nSPS) is 33.9. The summed E-state index contributed by atoms with van der Waals surface area (Å²) in [7, 11) is 0.882. The molecule has 100 valence electrons. The van der Waals surface area contributed by atoms with Crippen LogP contribution in [0.2, 0.25) is 0 Å². The highest BCUT2D eigenvalue weighted by Gasteiger charge is 2.69. The Labute approximate surface area is 96.9 Å². The molecule has 17 heavy (non-hydrogen) atoms. The van der Waals surface area contributed by atoms with E-state index in [0.29, 0.717) is 12.8 Å². The highest BCUT2D eigenvalue weighted by atomic mass is 19.4. The van der Waals surface area contributed by atoms with Crippen LogP contribution in [0.25, 0.3) is 0 Å². The molecule has 0 bridgehead atoms. The molecular weight excluding hydrogens is 241 g/mol. The lowest BCUT2D eigenvalue weighted by Gasteiger charge is -2.28. The average molecular weight is 256 g/mol. The highest BCUT2D eigenvalue weighted by Crippen LogP contribution is 2.48. The molecule has 2 rings (SSSR count). The lowest BCUT2D eigenvalue weighted by atomic mass is 10.1. The monoisotopic (exact) mass is 256 g/mol. The molecule has 1 saturated carbocycles. The van der Waals surface area contributed by atoms with Crippen molar-refractivity contribution in [2.24, 2.45) is 0 Å². The first-order chi connectivity index (χ1) is 7.93. The molecule has 2 fully saturated rings. The fraction of sp³-hybridized carbons (Fsp3) is 1.00. The molecule has 2 aliphatic rings. The van der Waals surface area contributed by atoms with Gasteiger partial charge in [-0.1, -0.05) is 12.8 Å². The molecule has 1 spiro atoms. The van der Waals surface area contributed by atoms with Gasteiger partial charge in [-0.25, -0.2) is 0 Å². The smallest absolute Gasteiger partial charge is 0.322 e. The van der Waals surface area contributed by atoms with E-state index in [1.807, 2.05) is 0 Å². The molecule has 1 unspecified atom stereocenters. The average Bonchev–Trinajstić information content (AvgIpc) is 2.48. The number of hydrogen-bond donors (Lipinski definition) is 0. The zero-order chi connectivity index (χ0) is 12.6. The second-order valence-corrected chi connectivity index (χ2v) is 4.35. The molecule has 7 heteroatoms. The molecule has 0 aromatic rings. The topological polar surface area (TPSA) is 36.9 Å². The number of alkyl halides is 3. The van der Waals surface area contributed by atoms with E-state index in [-0.39, 0.29) is 0 Å². The van der Waals surface area contributed by atoms with E-state index < -0.39 is 17.9 Å². The summed E-state index contributed by atoms with van der Waals surface area (Å²) in [6.45, 7) is 0. The minimum atomic E-state index is -4.79. The van der Waals surface area contributed by atoms with E-state index >= 15 is 0 Å². The van der Waals surface area contributed by atoms with Gasteiger partial charge in [0.15, 0.2) is 0 Å². The maximum Gasteiger partial charge on any atom is 0.475 e. The number of methoxy groups -OCH3 is 1. The summed E-state index contributed by atoms with van der Waals surface area (Å²) in [5.74, 6) is -4.40. The van der Waals surface area contributed by atoms with Crippen LogP contribution >= 0.6 is 0 Å². The molecule has 0 amide bonds. The van der Waals surface area contributed by atoms with Crippen LogP contribution in [0.1, 0.15) is 38.5 Å². The number of hydrogen-bond acceptors (Lipinski definition) is 4.